The van der Waals surface area contributed by atoms with Crippen LogP contribution in [-0.4, -0.2) is 54.5 Å². The number of nitrogens with two attached hydrogens (primary N) is 1. The van der Waals surface area contributed by atoms with Crippen LogP contribution in [0.2, 0.25) is 0 Å². The van der Waals surface area contributed by atoms with E-state index in [0.717, 1.165) is 48.9 Å². The smallest absolute Gasteiger partial charge is 0.382 e. The number of alkyl halides is 3. The molecule has 0 aliphatic carbocycles. The van der Waals surface area contributed by atoms with Crippen LogP contribution in [0.1, 0.15) is 53.5 Å². The van der Waals surface area contributed by atoms with Crippen LogP contribution >= 0.6 is 0 Å². The van der Waals surface area contributed by atoms with Gasteiger partial charge in [0, 0.05) is 48.1 Å². The fraction of sp³-hybridized carbons (Fsp3) is 0.360. The van der Waals surface area contributed by atoms with Crippen molar-refractivity contribution in [1.29, 1.82) is 0 Å². The summed E-state index contributed by atoms with van der Waals surface area (Å²) in [5.41, 5.74) is 7.67. The van der Waals surface area contributed by atoms with Crippen molar-refractivity contribution in [1.82, 2.24) is 29.5 Å². The predicted octanol–water partition coefficient (Wildman–Crippen LogP) is 4.31. The zero-order chi connectivity index (χ0) is 25.7. The second-order valence-corrected chi connectivity index (χ2v) is 9.61. The maximum atomic E-state index is 12.8. The van der Waals surface area contributed by atoms with Gasteiger partial charge in [-0.3, -0.25) is 19.2 Å². The minimum absolute atomic E-state index is 0.210. The molecular weight excluding hydrogens is 485 g/mol. The van der Waals surface area contributed by atoms with Gasteiger partial charge < -0.3 is 11.1 Å². The van der Waals surface area contributed by atoms with Crippen molar-refractivity contribution < 1.29 is 18.0 Å². The molecule has 2 fully saturated rings. The molecule has 2 atom stereocenters. The van der Waals surface area contributed by atoms with Gasteiger partial charge in [0.15, 0.2) is 5.82 Å². The zero-order valence-electron chi connectivity index (χ0n) is 19.8. The van der Waals surface area contributed by atoms with Crippen molar-refractivity contribution in [2.45, 2.75) is 43.8 Å². The molecule has 0 spiro atoms. The summed E-state index contributed by atoms with van der Waals surface area (Å²) in [6, 6.07) is 8.10. The van der Waals surface area contributed by atoms with E-state index in [9.17, 15) is 18.0 Å². The molecule has 4 aromatic rings. The number of hydrogen-bond acceptors (Lipinski definition) is 6. The van der Waals surface area contributed by atoms with E-state index in [2.05, 4.69) is 20.3 Å². The van der Waals surface area contributed by atoms with Gasteiger partial charge in [-0.25, -0.2) is 9.97 Å². The number of nitrogen functional groups attached to an aromatic ring is 1. The van der Waals surface area contributed by atoms with Crippen molar-refractivity contribution in [3.63, 3.8) is 0 Å². The van der Waals surface area contributed by atoms with Gasteiger partial charge in [-0.15, -0.1) is 0 Å². The molecule has 6 rings (SSSR count). The maximum absolute atomic E-state index is 12.8. The fourth-order valence-corrected chi connectivity index (χ4v) is 5.52. The van der Waals surface area contributed by atoms with Crippen LogP contribution in [0, 0.1) is 0 Å². The van der Waals surface area contributed by atoms with Gasteiger partial charge in [-0.2, -0.15) is 18.3 Å². The third-order valence-electron chi connectivity index (χ3n) is 7.32. The van der Waals surface area contributed by atoms with Gasteiger partial charge in [0.05, 0.1) is 0 Å². The minimum atomic E-state index is -4.58. The number of carbonyl (C=O) groups excluding carboxylic acids is 1. The highest BCUT2D eigenvalue weighted by molar-refractivity contribution is 6.04. The van der Waals surface area contributed by atoms with Gasteiger partial charge in [-0.05, 0) is 44.4 Å². The summed E-state index contributed by atoms with van der Waals surface area (Å²) in [7, 11) is 0. The second kappa shape index (κ2) is 8.87. The van der Waals surface area contributed by atoms with Crippen LogP contribution in [0.25, 0.3) is 16.8 Å². The van der Waals surface area contributed by atoms with E-state index >= 15 is 0 Å². The van der Waals surface area contributed by atoms with Gasteiger partial charge in [-0.1, -0.05) is 12.1 Å². The Hall–Kier alpha value is -3.93. The molecule has 37 heavy (non-hydrogen) atoms. The SMILES string of the molecule is Nc1nccn2c(C3CCC4CCCN4C3)nc(-c3ccc(C(=O)Nc4cc(C(F)(F)F)[nH]n4)cc3)c12. The normalized spacial score (nSPS) is 20.3. The van der Waals surface area contributed by atoms with Crippen LogP contribution in [0.5, 0.6) is 0 Å². The number of halogens is 3. The number of fused-ring (bicyclic) bond motifs is 2. The lowest BCUT2D eigenvalue weighted by Gasteiger charge is -2.34. The van der Waals surface area contributed by atoms with E-state index in [-0.39, 0.29) is 17.3 Å². The molecular formula is C25H25F3N8O. The molecule has 5 heterocycles. The van der Waals surface area contributed by atoms with Gasteiger partial charge in [0.2, 0.25) is 0 Å². The number of benzene rings is 1. The molecule has 0 saturated carbocycles. The van der Waals surface area contributed by atoms with E-state index in [4.69, 9.17) is 10.7 Å². The molecule has 0 bridgehead atoms. The van der Waals surface area contributed by atoms with Crippen LogP contribution in [0.4, 0.5) is 24.8 Å². The number of nitrogens with one attached hydrogen (secondary N) is 2. The Kier molecular flexibility index (Phi) is 5.63. The highest BCUT2D eigenvalue weighted by Crippen LogP contribution is 2.37. The molecule has 2 aliphatic heterocycles. The van der Waals surface area contributed by atoms with Crippen molar-refractivity contribution in [2.24, 2.45) is 0 Å². The first-order valence-electron chi connectivity index (χ1n) is 12.2. The average Bonchev–Trinajstić information content (AvgIpc) is 3.62. The molecule has 9 nitrogen and oxygen atoms in total. The van der Waals surface area contributed by atoms with E-state index in [1.165, 1.54) is 12.8 Å². The summed E-state index contributed by atoms with van der Waals surface area (Å²) in [6.45, 7) is 2.09. The summed E-state index contributed by atoms with van der Waals surface area (Å²) in [4.78, 5) is 24.4. The van der Waals surface area contributed by atoms with E-state index in [1.807, 2.05) is 15.7 Å². The monoisotopic (exact) mass is 510 g/mol. The Bertz CT molecular complexity index is 1460. The molecule has 3 aromatic heterocycles. The number of aromatic nitrogens is 5. The summed E-state index contributed by atoms with van der Waals surface area (Å²) < 4.78 is 40.4. The van der Waals surface area contributed by atoms with Gasteiger partial charge in [0.25, 0.3) is 5.91 Å². The lowest BCUT2D eigenvalue weighted by atomic mass is 9.92. The second-order valence-electron chi connectivity index (χ2n) is 9.61. The number of aromatic amines is 1. The molecule has 2 aliphatic rings. The Morgan fingerprint density at radius 1 is 1.16 bits per heavy atom. The standard InChI is InChI=1S/C25H25F3N8O/c26-25(27,28)18-12-19(34-33-18)31-24(37)15-5-3-14(4-6-15)20-21-22(29)30-9-11-36(21)23(32-20)16-7-8-17-2-1-10-35(17)13-16/h3-6,9,11-12,16-17H,1-2,7-8,10,13H2,(H2,29,30)(H2,31,33,34,37). The van der Waals surface area contributed by atoms with E-state index < -0.39 is 17.8 Å². The molecule has 4 N–H and O–H groups in total. The van der Waals surface area contributed by atoms with Gasteiger partial charge in [0.1, 0.15) is 28.5 Å². The third-order valence-corrected chi connectivity index (χ3v) is 7.32. The number of hydrogen-bond donors (Lipinski definition) is 3. The maximum Gasteiger partial charge on any atom is 0.432 e. The number of carbonyl (C=O) groups is 1. The quantitative estimate of drug-likeness (QED) is 0.377. The third kappa shape index (κ3) is 4.31. The number of H-pyrrole nitrogens is 1. The van der Waals surface area contributed by atoms with Crippen molar-refractivity contribution in [3.8, 4) is 11.3 Å². The predicted molar refractivity (Wildman–Crippen MR) is 131 cm³/mol. The summed E-state index contributed by atoms with van der Waals surface area (Å²) in [6.07, 6.45) is 3.70. The number of rotatable bonds is 4. The van der Waals surface area contributed by atoms with Crippen molar-refractivity contribution in [3.05, 3.63) is 59.8 Å². The summed E-state index contributed by atoms with van der Waals surface area (Å²) in [5.74, 6) is 0.804. The van der Waals surface area contributed by atoms with Crippen LogP contribution in [0.3, 0.4) is 0 Å². The van der Waals surface area contributed by atoms with Crippen LogP contribution < -0.4 is 11.1 Å². The Balaban J connectivity index is 1.27. The number of anilines is 2. The molecule has 1 aromatic carbocycles. The highest BCUT2D eigenvalue weighted by Gasteiger charge is 2.35. The summed E-state index contributed by atoms with van der Waals surface area (Å²) in [5, 5.41) is 7.76. The molecule has 2 saturated heterocycles. The van der Waals surface area contributed by atoms with E-state index in [1.54, 1.807) is 30.5 Å². The molecule has 1 amide bonds. The van der Waals surface area contributed by atoms with Crippen molar-refractivity contribution in [2.75, 3.05) is 24.1 Å². The number of imidazole rings is 1. The molecule has 192 valence electrons. The first-order valence-corrected chi connectivity index (χ1v) is 12.2. The first kappa shape index (κ1) is 23.5. The fourth-order valence-electron chi connectivity index (χ4n) is 5.52. The van der Waals surface area contributed by atoms with Crippen LogP contribution in [0.15, 0.2) is 42.7 Å². The molecule has 12 heteroatoms. The number of piperidine rings is 1. The van der Waals surface area contributed by atoms with E-state index in [0.29, 0.717) is 17.6 Å². The highest BCUT2D eigenvalue weighted by atomic mass is 19.4. The Morgan fingerprint density at radius 2 is 1.97 bits per heavy atom. The Morgan fingerprint density at radius 3 is 2.73 bits per heavy atom. The molecule has 2 unspecified atom stereocenters. The topological polar surface area (TPSA) is 117 Å². The first-order chi connectivity index (χ1) is 17.8. The Labute approximate surface area is 209 Å². The minimum Gasteiger partial charge on any atom is -0.382 e. The lowest BCUT2D eigenvalue weighted by molar-refractivity contribution is -0.141. The largest absolute Gasteiger partial charge is 0.432 e. The van der Waals surface area contributed by atoms with Crippen LogP contribution in [-0.2, 0) is 6.18 Å². The number of amides is 1. The number of nitrogens with zero attached hydrogens (tertiary/aromatic N) is 5. The van der Waals surface area contributed by atoms with Gasteiger partial charge >= 0.3 is 6.18 Å². The zero-order valence-corrected chi connectivity index (χ0v) is 19.8. The van der Waals surface area contributed by atoms with Crippen molar-refractivity contribution >= 4 is 23.1 Å². The molecule has 0 radical (unpaired) electrons. The average molecular weight is 511 g/mol. The lowest BCUT2D eigenvalue weighted by Crippen LogP contribution is -2.38. The summed E-state index contributed by atoms with van der Waals surface area (Å²) >= 11 is 0.